The summed E-state index contributed by atoms with van der Waals surface area (Å²) in [5, 5.41) is 5.95. The van der Waals surface area contributed by atoms with Gasteiger partial charge in [0.05, 0.1) is 12.1 Å². The van der Waals surface area contributed by atoms with Gasteiger partial charge >= 0.3 is 0 Å². The van der Waals surface area contributed by atoms with Crippen molar-refractivity contribution in [1.29, 1.82) is 0 Å². The van der Waals surface area contributed by atoms with E-state index in [0.717, 1.165) is 52.0 Å². The SMILES string of the molecule is O=C(Cc1csc(-c2cccc(Br)c2)n1)N1CCN(c2nccs2)CC1. The third-order valence-electron chi connectivity index (χ3n) is 4.28. The largest absolute Gasteiger partial charge is 0.345 e. The Morgan fingerprint density at radius 1 is 1.19 bits per heavy atom. The Balaban J connectivity index is 1.35. The van der Waals surface area contributed by atoms with Crippen LogP contribution in [0.2, 0.25) is 0 Å². The fourth-order valence-corrected chi connectivity index (χ4v) is 4.84. The number of halogens is 1. The van der Waals surface area contributed by atoms with E-state index in [9.17, 15) is 4.79 Å². The van der Waals surface area contributed by atoms with E-state index in [1.807, 2.05) is 46.1 Å². The molecule has 0 radical (unpaired) electrons. The van der Waals surface area contributed by atoms with Gasteiger partial charge in [-0.25, -0.2) is 9.97 Å². The van der Waals surface area contributed by atoms with Crippen LogP contribution in [-0.4, -0.2) is 47.0 Å². The van der Waals surface area contributed by atoms with Crippen molar-refractivity contribution in [2.45, 2.75) is 6.42 Å². The molecule has 0 aliphatic carbocycles. The van der Waals surface area contributed by atoms with E-state index in [0.29, 0.717) is 6.42 Å². The number of rotatable bonds is 4. The highest BCUT2D eigenvalue weighted by atomic mass is 79.9. The Labute approximate surface area is 168 Å². The number of amides is 1. The third-order valence-corrected chi connectivity index (χ3v) is 6.54. The molecule has 0 unspecified atom stereocenters. The van der Waals surface area contributed by atoms with Crippen LogP contribution in [0.15, 0.2) is 45.7 Å². The highest BCUT2D eigenvalue weighted by molar-refractivity contribution is 9.10. The molecular formula is C18H17BrN4OS2. The van der Waals surface area contributed by atoms with Crippen molar-refractivity contribution < 1.29 is 4.79 Å². The zero-order valence-electron chi connectivity index (χ0n) is 14.0. The van der Waals surface area contributed by atoms with Gasteiger partial charge in [0.1, 0.15) is 5.01 Å². The van der Waals surface area contributed by atoms with Crippen LogP contribution in [0.4, 0.5) is 5.13 Å². The molecule has 0 bridgehead atoms. The highest BCUT2D eigenvalue weighted by Crippen LogP contribution is 2.26. The molecule has 26 heavy (non-hydrogen) atoms. The van der Waals surface area contributed by atoms with Gasteiger partial charge in [0.15, 0.2) is 5.13 Å². The van der Waals surface area contributed by atoms with Crippen LogP contribution in [0.1, 0.15) is 5.69 Å². The van der Waals surface area contributed by atoms with E-state index in [2.05, 4.69) is 30.8 Å². The van der Waals surface area contributed by atoms with Gasteiger partial charge in [0.25, 0.3) is 0 Å². The number of carbonyl (C=O) groups excluding carboxylic acids is 1. The maximum Gasteiger partial charge on any atom is 0.228 e. The maximum atomic E-state index is 12.6. The number of carbonyl (C=O) groups is 1. The average molecular weight is 449 g/mol. The third kappa shape index (κ3) is 3.97. The summed E-state index contributed by atoms with van der Waals surface area (Å²) in [5.41, 5.74) is 1.91. The number of aromatic nitrogens is 2. The van der Waals surface area contributed by atoms with Crippen LogP contribution in [-0.2, 0) is 11.2 Å². The van der Waals surface area contributed by atoms with Gasteiger partial charge in [0, 0.05) is 53.2 Å². The van der Waals surface area contributed by atoms with E-state index < -0.39 is 0 Å². The molecule has 3 heterocycles. The fourth-order valence-electron chi connectivity index (χ4n) is 2.93. The summed E-state index contributed by atoms with van der Waals surface area (Å²) in [4.78, 5) is 25.8. The number of hydrogen-bond acceptors (Lipinski definition) is 6. The lowest BCUT2D eigenvalue weighted by atomic mass is 10.2. The minimum Gasteiger partial charge on any atom is -0.345 e. The molecule has 3 aromatic rings. The monoisotopic (exact) mass is 448 g/mol. The van der Waals surface area contributed by atoms with Crippen molar-refractivity contribution in [1.82, 2.24) is 14.9 Å². The van der Waals surface area contributed by atoms with Crippen molar-refractivity contribution in [2.75, 3.05) is 31.1 Å². The molecule has 5 nitrogen and oxygen atoms in total. The quantitative estimate of drug-likeness (QED) is 0.606. The molecule has 1 aromatic carbocycles. The van der Waals surface area contributed by atoms with Crippen LogP contribution < -0.4 is 4.90 Å². The second-order valence-corrected chi connectivity index (χ2v) is 8.66. The van der Waals surface area contributed by atoms with Crippen molar-refractivity contribution in [3.8, 4) is 10.6 Å². The Kier molecular flexibility index (Phi) is 5.33. The van der Waals surface area contributed by atoms with Crippen LogP contribution >= 0.6 is 38.6 Å². The average Bonchev–Trinajstić information content (AvgIpc) is 3.34. The molecule has 1 fully saturated rings. The van der Waals surface area contributed by atoms with E-state index in [1.165, 1.54) is 0 Å². The van der Waals surface area contributed by atoms with Crippen molar-refractivity contribution >= 4 is 49.6 Å². The second kappa shape index (κ2) is 7.85. The molecule has 0 atom stereocenters. The Bertz CT molecular complexity index is 888. The van der Waals surface area contributed by atoms with Crippen LogP contribution in [0.5, 0.6) is 0 Å². The second-order valence-electron chi connectivity index (χ2n) is 6.01. The summed E-state index contributed by atoms with van der Waals surface area (Å²) in [5.74, 6) is 0.148. The van der Waals surface area contributed by atoms with Crippen LogP contribution in [0.25, 0.3) is 10.6 Å². The van der Waals surface area contributed by atoms with Gasteiger partial charge in [0.2, 0.25) is 5.91 Å². The van der Waals surface area contributed by atoms with Crippen LogP contribution in [0.3, 0.4) is 0 Å². The molecule has 1 aliphatic heterocycles. The smallest absolute Gasteiger partial charge is 0.228 e. The maximum absolute atomic E-state index is 12.6. The topological polar surface area (TPSA) is 49.3 Å². The summed E-state index contributed by atoms with van der Waals surface area (Å²) >= 11 is 6.71. The van der Waals surface area contributed by atoms with E-state index in [1.54, 1.807) is 22.7 Å². The number of thiazole rings is 2. The molecule has 134 valence electrons. The van der Waals surface area contributed by atoms with E-state index in [4.69, 9.17) is 0 Å². The Morgan fingerprint density at radius 3 is 2.77 bits per heavy atom. The van der Waals surface area contributed by atoms with Crippen molar-refractivity contribution in [2.24, 2.45) is 0 Å². The number of nitrogens with zero attached hydrogens (tertiary/aromatic N) is 4. The van der Waals surface area contributed by atoms with Gasteiger partial charge in [-0.1, -0.05) is 28.1 Å². The standard InChI is InChI=1S/C18H17BrN4OS2/c19-14-3-1-2-13(10-14)17-21-15(12-26-17)11-16(24)22-5-7-23(8-6-22)18-20-4-9-25-18/h1-4,9-10,12H,5-8,11H2. The minimum absolute atomic E-state index is 0.148. The number of anilines is 1. The first kappa shape index (κ1) is 17.6. The molecule has 1 aliphatic rings. The summed E-state index contributed by atoms with van der Waals surface area (Å²) in [7, 11) is 0. The summed E-state index contributed by atoms with van der Waals surface area (Å²) in [6, 6.07) is 8.07. The lowest BCUT2D eigenvalue weighted by Crippen LogP contribution is -2.49. The molecule has 0 N–H and O–H groups in total. The minimum atomic E-state index is 0.148. The van der Waals surface area contributed by atoms with Crippen LogP contribution in [0, 0.1) is 0 Å². The van der Waals surface area contributed by atoms with E-state index >= 15 is 0 Å². The molecule has 0 saturated carbocycles. The predicted molar refractivity (Wildman–Crippen MR) is 110 cm³/mol. The first-order valence-corrected chi connectivity index (χ1v) is 10.9. The number of benzene rings is 1. The summed E-state index contributed by atoms with van der Waals surface area (Å²) in [6.45, 7) is 3.14. The predicted octanol–water partition coefficient (Wildman–Crippen LogP) is 3.92. The highest BCUT2D eigenvalue weighted by Gasteiger charge is 2.23. The van der Waals surface area contributed by atoms with Crippen molar-refractivity contribution in [3.05, 3.63) is 51.4 Å². The van der Waals surface area contributed by atoms with E-state index in [-0.39, 0.29) is 5.91 Å². The molecular weight excluding hydrogens is 432 g/mol. The zero-order valence-corrected chi connectivity index (χ0v) is 17.2. The van der Waals surface area contributed by atoms with Crippen molar-refractivity contribution in [3.63, 3.8) is 0 Å². The molecule has 4 rings (SSSR count). The first-order chi connectivity index (χ1) is 12.7. The number of hydrogen-bond donors (Lipinski definition) is 0. The molecule has 1 amide bonds. The van der Waals surface area contributed by atoms with Gasteiger partial charge in [-0.3, -0.25) is 4.79 Å². The van der Waals surface area contributed by atoms with Gasteiger partial charge in [-0.15, -0.1) is 22.7 Å². The van der Waals surface area contributed by atoms with Gasteiger partial charge in [-0.2, -0.15) is 0 Å². The normalized spacial score (nSPS) is 14.7. The van der Waals surface area contributed by atoms with Gasteiger partial charge in [-0.05, 0) is 12.1 Å². The summed E-state index contributed by atoms with van der Waals surface area (Å²) < 4.78 is 1.03. The molecule has 8 heteroatoms. The fraction of sp³-hybridized carbons (Fsp3) is 0.278. The number of piperazine rings is 1. The lowest BCUT2D eigenvalue weighted by molar-refractivity contribution is -0.130. The lowest BCUT2D eigenvalue weighted by Gasteiger charge is -2.34. The van der Waals surface area contributed by atoms with Gasteiger partial charge < -0.3 is 9.80 Å². The summed E-state index contributed by atoms with van der Waals surface area (Å²) in [6.07, 6.45) is 2.18. The molecule has 0 spiro atoms. The Hall–Kier alpha value is -1.77. The first-order valence-electron chi connectivity index (χ1n) is 8.31. The molecule has 2 aromatic heterocycles. The Morgan fingerprint density at radius 2 is 2.04 bits per heavy atom. The molecule has 1 saturated heterocycles. The zero-order chi connectivity index (χ0) is 17.9.